The summed E-state index contributed by atoms with van der Waals surface area (Å²) in [6, 6.07) is 4.87. The Hall–Kier alpha value is -1.89. The maximum atomic E-state index is 12.4. The standard InChI is InChI=1S/C13H10F3NO2S/c14-13(15,16)9-3-1-8(2-4-9)5-11-17-10(7-20-11)6-12(18)19/h1-4,7H,5-6H2,(H,18,19). The highest BCUT2D eigenvalue weighted by Crippen LogP contribution is 2.29. The zero-order chi connectivity index (χ0) is 14.8. The molecule has 0 bridgehead atoms. The first kappa shape index (κ1) is 14.5. The van der Waals surface area contributed by atoms with Crippen LogP contribution in [0.3, 0.4) is 0 Å². The number of carboxylic acids is 1. The molecule has 0 aliphatic heterocycles. The van der Waals surface area contributed by atoms with Crippen molar-refractivity contribution in [3.05, 3.63) is 51.5 Å². The van der Waals surface area contributed by atoms with Gasteiger partial charge in [0.25, 0.3) is 0 Å². The van der Waals surface area contributed by atoms with Gasteiger partial charge < -0.3 is 5.11 Å². The Morgan fingerprint density at radius 2 is 1.90 bits per heavy atom. The van der Waals surface area contributed by atoms with Crippen LogP contribution in [0.5, 0.6) is 0 Å². The van der Waals surface area contributed by atoms with Gasteiger partial charge in [-0.15, -0.1) is 11.3 Å². The van der Waals surface area contributed by atoms with E-state index in [1.807, 2.05) is 0 Å². The third-order valence-corrected chi connectivity index (χ3v) is 3.47. The van der Waals surface area contributed by atoms with Crippen LogP contribution in [0.2, 0.25) is 0 Å². The number of carbonyl (C=O) groups is 1. The third-order valence-electron chi connectivity index (χ3n) is 2.57. The zero-order valence-corrected chi connectivity index (χ0v) is 11.0. The summed E-state index contributed by atoms with van der Waals surface area (Å²) in [5.41, 5.74) is 0.477. The highest BCUT2D eigenvalue weighted by Gasteiger charge is 2.29. The molecule has 2 rings (SSSR count). The lowest BCUT2D eigenvalue weighted by Gasteiger charge is -2.06. The van der Waals surface area contributed by atoms with Crippen LogP contribution >= 0.6 is 11.3 Å². The molecule has 0 atom stereocenters. The molecule has 1 N–H and O–H groups in total. The monoisotopic (exact) mass is 301 g/mol. The van der Waals surface area contributed by atoms with Gasteiger partial charge in [-0.3, -0.25) is 4.79 Å². The van der Waals surface area contributed by atoms with E-state index < -0.39 is 17.7 Å². The largest absolute Gasteiger partial charge is 0.481 e. The van der Waals surface area contributed by atoms with Gasteiger partial charge in [0, 0.05) is 11.8 Å². The number of carboxylic acid groups (broad SMARTS) is 1. The average molecular weight is 301 g/mol. The highest BCUT2D eigenvalue weighted by molar-refractivity contribution is 7.09. The Morgan fingerprint density at radius 3 is 2.45 bits per heavy atom. The molecule has 1 heterocycles. The molecule has 1 aromatic carbocycles. The summed E-state index contributed by atoms with van der Waals surface area (Å²) in [5, 5.41) is 11.0. The van der Waals surface area contributed by atoms with Crippen molar-refractivity contribution < 1.29 is 23.1 Å². The maximum Gasteiger partial charge on any atom is 0.416 e. The molecule has 0 amide bonds. The van der Waals surface area contributed by atoms with Gasteiger partial charge in [-0.05, 0) is 17.7 Å². The minimum atomic E-state index is -4.34. The van der Waals surface area contributed by atoms with Crippen molar-refractivity contribution in [2.24, 2.45) is 0 Å². The van der Waals surface area contributed by atoms with E-state index in [-0.39, 0.29) is 6.42 Å². The van der Waals surface area contributed by atoms with Crippen molar-refractivity contribution in [2.75, 3.05) is 0 Å². The number of aromatic nitrogens is 1. The number of alkyl halides is 3. The van der Waals surface area contributed by atoms with E-state index in [4.69, 9.17) is 5.11 Å². The van der Waals surface area contributed by atoms with Gasteiger partial charge in [0.1, 0.15) is 0 Å². The Bertz CT molecular complexity index is 605. The predicted molar refractivity (Wildman–Crippen MR) is 67.7 cm³/mol. The molecule has 0 fully saturated rings. The number of benzene rings is 1. The molecule has 106 valence electrons. The Morgan fingerprint density at radius 1 is 1.25 bits per heavy atom. The molecule has 20 heavy (non-hydrogen) atoms. The lowest BCUT2D eigenvalue weighted by Crippen LogP contribution is -2.04. The van der Waals surface area contributed by atoms with Gasteiger partial charge in [0.2, 0.25) is 0 Å². The van der Waals surface area contributed by atoms with Gasteiger partial charge in [-0.2, -0.15) is 13.2 Å². The van der Waals surface area contributed by atoms with Crippen LogP contribution in [0.4, 0.5) is 13.2 Å². The van der Waals surface area contributed by atoms with Crippen LogP contribution in [0.15, 0.2) is 29.6 Å². The summed E-state index contributed by atoms with van der Waals surface area (Å²) < 4.78 is 37.2. The zero-order valence-electron chi connectivity index (χ0n) is 10.1. The molecule has 0 saturated carbocycles. The summed E-state index contributed by atoms with van der Waals surface area (Å²) in [6.07, 6.45) is -4.10. The predicted octanol–water partition coefficient (Wildman–Crippen LogP) is 3.38. The summed E-state index contributed by atoms with van der Waals surface area (Å²) in [5.74, 6) is -0.962. The third kappa shape index (κ3) is 3.80. The van der Waals surface area contributed by atoms with Crippen LogP contribution in [-0.4, -0.2) is 16.1 Å². The van der Waals surface area contributed by atoms with Crippen molar-refractivity contribution in [3.63, 3.8) is 0 Å². The molecule has 0 saturated heterocycles. The minimum absolute atomic E-state index is 0.149. The lowest BCUT2D eigenvalue weighted by molar-refractivity contribution is -0.138. The Balaban J connectivity index is 2.06. The molecule has 1 aromatic heterocycles. The second kappa shape index (κ2) is 5.62. The summed E-state index contributed by atoms with van der Waals surface area (Å²) in [6.45, 7) is 0. The van der Waals surface area contributed by atoms with Crippen LogP contribution in [-0.2, 0) is 23.8 Å². The van der Waals surface area contributed by atoms with E-state index >= 15 is 0 Å². The summed E-state index contributed by atoms with van der Waals surface area (Å²) in [7, 11) is 0. The SMILES string of the molecule is O=C(O)Cc1csc(Cc2ccc(C(F)(F)F)cc2)n1. The summed E-state index contributed by atoms with van der Waals surface area (Å²) in [4.78, 5) is 14.7. The van der Waals surface area contributed by atoms with Crippen molar-refractivity contribution in [1.29, 1.82) is 0 Å². The number of halogens is 3. The number of thiazole rings is 1. The van der Waals surface area contributed by atoms with Gasteiger partial charge in [0.15, 0.2) is 0 Å². The number of hydrogen-bond donors (Lipinski definition) is 1. The van der Waals surface area contributed by atoms with Crippen LogP contribution < -0.4 is 0 Å². The molecular formula is C13H10F3NO2S. The molecule has 0 radical (unpaired) electrons. The van der Waals surface area contributed by atoms with Crippen LogP contribution in [0.1, 0.15) is 21.8 Å². The van der Waals surface area contributed by atoms with E-state index in [2.05, 4.69) is 4.98 Å². The number of rotatable bonds is 4. The smallest absolute Gasteiger partial charge is 0.416 e. The molecule has 2 aromatic rings. The molecule has 0 spiro atoms. The van der Waals surface area contributed by atoms with Crippen LogP contribution in [0, 0.1) is 0 Å². The Labute approximate surface area is 116 Å². The topological polar surface area (TPSA) is 50.2 Å². The quantitative estimate of drug-likeness (QED) is 0.942. The first-order valence-electron chi connectivity index (χ1n) is 5.66. The van der Waals surface area contributed by atoms with Gasteiger partial charge in [-0.1, -0.05) is 12.1 Å². The normalized spacial score (nSPS) is 11.6. The first-order chi connectivity index (χ1) is 9.34. The van der Waals surface area contributed by atoms with Crippen LogP contribution in [0.25, 0.3) is 0 Å². The van der Waals surface area contributed by atoms with Crippen molar-refractivity contribution in [1.82, 2.24) is 4.98 Å². The number of aliphatic carboxylic acids is 1. The minimum Gasteiger partial charge on any atom is -0.481 e. The molecular weight excluding hydrogens is 291 g/mol. The van der Waals surface area contributed by atoms with Gasteiger partial charge in [-0.25, -0.2) is 4.98 Å². The van der Waals surface area contributed by atoms with E-state index in [9.17, 15) is 18.0 Å². The number of nitrogens with zero attached hydrogens (tertiary/aromatic N) is 1. The lowest BCUT2D eigenvalue weighted by atomic mass is 10.1. The number of hydrogen-bond acceptors (Lipinski definition) is 3. The first-order valence-corrected chi connectivity index (χ1v) is 6.54. The van der Waals surface area contributed by atoms with E-state index in [0.717, 1.165) is 12.1 Å². The Kier molecular flexibility index (Phi) is 4.08. The van der Waals surface area contributed by atoms with Crippen molar-refractivity contribution in [3.8, 4) is 0 Å². The molecule has 0 unspecified atom stereocenters. The van der Waals surface area contributed by atoms with Gasteiger partial charge >= 0.3 is 12.1 Å². The van der Waals surface area contributed by atoms with E-state index in [1.165, 1.54) is 23.5 Å². The highest BCUT2D eigenvalue weighted by atomic mass is 32.1. The van der Waals surface area contributed by atoms with Gasteiger partial charge in [0.05, 0.1) is 22.7 Å². The average Bonchev–Trinajstić information content (AvgIpc) is 2.75. The second-order valence-corrected chi connectivity index (χ2v) is 5.12. The molecule has 7 heteroatoms. The fraction of sp³-hybridized carbons (Fsp3) is 0.231. The van der Waals surface area contributed by atoms with Crippen molar-refractivity contribution >= 4 is 17.3 Å². The van der Waals surface area contributed by atoms with E-state index in [1.54, 1.807) is 5.38 Å². The summed E-state index contributed by atoms with van der Waals surface area (Å²) >= 11 is 1.30. The second-order valence-electron chi connectivity index (χ2n) is 4.17. The molecule has 0 aliphatic carbocycles. The maximum absolute atomic E-state index is 12.4. The van der Waals surface area contributed by atoms with Crippen molar-refractivity contribution in [2.45, 2.75) is 19.0 Å². The molecule has 0 aliphatic rings. The fourth-order valence-corrected chi connectivity index (χ4v) is 2.48. The fourth-order valence-electron chi connectivity index (χ4n) is 1.65. The molecule has 3 nitrogen and oxygen atoms in total. The van der Waals surface area contributed by atoms with E-state index in [0.29, 0.717) is 22.7 Å².